The van der Waals surface area contributed by atoms with Gasteiger partial charge < -0.3 is 11.1 Å². The van der Waals surface area contributed by atoms with Crippen LogP contribution in [0.4, 0.5) is 10.1 Å². The third-order valence-corrected chi connectivity index (χ3v) is 2.84. The first kappa shape index (κ1) is 14.0. The van der Waals surface area contributed by atoms with Crippen molar-refractivity contribution in [2.45, 2.75) is 0 Å². The highest BCUT2D eigenvalue weighted by Gasteiger charge is 2.12. The number of halogens is 2. The smallest absolute Gasteiger partial charge is 0.258 e. The van der Waals surface area contributed by atoms with Crippen molar-refractivity contribution in [1.29, 1.82) is 0 Å². The summed E-state index contributed by atoms with van der Waals surface area (Å²) in [5.74, 6) is -1.86. The predicted molar refractivity (Wildman–Crippen MR) is 74.3 cm³/mol. The van der Waals surface area contributed by atoms with Crippen molar-refractivity contribution in [1.82, 2.24) is 0 Å². The molecule has 0 unspecified atom stereocenters. The summed E-state index contributed by atoms with van der Waals surface area (Å²) in [5, 5.41) is 2.77. The van der Waals surface area contributed by atoms with Gasteiger partial charge in [-0.15, -0.1) is 0 Å². The molecule has 20 heavy (non-hydrogen) atoms. The fraction of sp³-hybridized carbons (Fsp3) is 0. The molecule has 0 aliphatic carbocycles. The number of nitrogens with one attached hydrogen (secondary N) is 1. The minimum absolute atomic E-state index is 0.156. The number of rotatable bonds is 3. The van der Waals surface area contributed by atoms with Crippen LogP contribution in [0.15, 0.2) is 42.5 Å². The number of carbonyl (C=O) groups excluding carboxylic acids is 2. The molecule has 0 radical (unpaired) electrons. The van der Waals surface area contributed by atoms with Crippen molar-refractivity contribution in [3.63, 3.8) is 0 Å². The molecule has 2 rings (SSSR count). The number of hydrogen-bond acceptors (Lipinski definition) is 2. The number of nitrogens with two attached hydrogens (primary N) is 1. The standard InChI is InChI=1S/C14H10ClFN2O2/c15-9-3-6-12(16)11(7-9)14(20)18-10-4-1-8(2-5-10)13(17)19/h1-7H,(H2,17,19)(H,18,20). The second kappa shape index (κ2) is 5.71. The van der Waals surface area contributed by atoms with Gasteiger partial charge in [0.25, 0.3) is 5.91 Å². The largest absolute Gasteiger partial charge is 0.366 e. The van der Waals surface area contributed by atoms with E-state index in [1.54, 1.807) is 0 Å². The van der Waals surface area contributed by atoms with E-state index >= 15 is 0 Å². The van der Waals surface area contributed by atoms with Crippen LogP contribution in [0.2, 0.25) is 5.02 Å². The Kier molecular flexibility index (Phi) is 4.00. The summed E-state index contributed by atoms with van der Waals surface area (Å²) in [6.45, 7) is 0. The lowest BCUT2D eigenvalue weighted by atomic mass is 10.1. The van der Waals surface area contributed by atoms with Crippen LogP contribution in [0.3, 0.4) is 0 Å². The first-order valence-electron chi connectivity index (χ1n) is 5.63. The van der Waals surface area contributed by atoms with Crippen molar-refractivity contribution >= 4 is 29.1 Å². The molecule has 6 heteroatoms. The van der Waals surface area contributed by atoms with Gasteiger partial charge in [-0.1, -0.05) is 11.6 Å². The van der Waals surface area contributed by atoms with Crippen molar-refractivity contribution in [3.05, 3.63) is 64.4 Å². The van der Waals surface area contributed by atoms with Crippen LogP contribution in [0.25, 0.3) is 0 Å². The third kappa shape index (κ3) is 3.13. The summed E-state index contributed by atoms with van der Waals surface area (Å²) in [5.41, 5.74) is 5.68. The van der Waals surface area contributed by atoms with E-state index < -0.39 is 17.6 Å². The molecule has 0 bridgehead atoms. The Morgan fingerprint density at radius 1 is 1.10 bits per heavy atom. The van der Waals surface area contributed by atoms with Crippen molar-refractivity contribution in [2.75, 3.05) is 5.32 Å². The van der Waals surface area contributed by atoms with Crippen LogP contribution >= 0.6 is 11.6 Å². The van der Waals surface area contributed by atoms with Gasteiger partial charge in [0, 0.05) is 16.3 Å². The SMILES string of the molecule is NC(=O)c1ccc(NC(=O)c2cc(Cl)ccc2F)cc1. The zero-order valence-electron chi connectivity index (χ0n) is 10.2. The van der Waals surface area contributed by atoms with Crippen LogP contribution in [0.1, 0.15) is 20.7 Å². The molecule has 0 atom stereocenters. The Morgan fingerprint density at radius 2 is 1.75 bits per heavy atom. The Bertz CT molecular complexity index is 671. The Hall–Kier alpha value is -2.40. The summed E-state index contributed by atoms with van der Waals surface area (Å²) in [6, 6.07) is 9.65. The fourth-order valence-electron chi connectivity index (χ4n) is 1.59. The average Bonchev–Trinajstić information content (AvgIpc) is 2.42. The molecule has 4 nitrogen and oxygen atoms in total. The van der Waals surface area contributed by atoms with Crippen LogP contribution < -0.4 is 11.1 Å². The first-order valence-corrected chi connectivity index (χ1v) is 6.01. The second-order valence-corrected chi connectivity index (χ2v) is 4.46. The van der Waals surface area contributed by atoms with E-state index in [0.29, 0.717) is 11.3 Å². The maximum absolute atomic E-state index is 13.5. The first-order chi connectivity index (χ1) is 9.47. The quantitative estimate of drug-likeness (QED) is 0.913. The topological polar surface area (TPSA) is 72.2 Å². The van der Waals surface area contributed by atoms with Gasteiger partial charge in [-0.25, -0.2) is 4.39 Å². The van der Waals surface area contributed by atoms with E-state index in [1.807, 2.05) is 0 Å². The lowest BCUT2D eigenvalue weighted by Crippen LogP contribution is -2.14. The van der Waals surface area contributed by atoms with Crippen molar-refractivity contribution in [3.8, 4) is 0 Å². The van der Waals surface area contributed by atoms with Crippen LogP contribution in [-0.2, 0) is 0 Å². The molecular formula is C14H10ClFN2O2. The lowest BCUT2D eigenvalue weighted by molar-refractivity contribution is 0.0998. The maximum Gasteiger partial charge on any atom is 0.258 e. The Balaban J connectivity index is 2.19. The molecule has 0 aliphatic rings. The molecule has 102 valence electrons. The molecule has 0 spiro atoms. The molecule has 2 amide bonds. The van der Waals surface area contributed by atoms with Crippen LogP contribution in [0, 0.1) is 5.82 Å². The van der Waals surface area contributed by atoms with Crippen molar-refractivity contribution < 1.29 is 14.0 Å². The van der Waals surface area contributed by atoms with E-state index in [4.69, 9.17) is 17.3 Å². The van der Waals surface area contributed by atoms with Gasteiger partial charge in [0.05, 0.1) is 5.56 Å². The molecule has 0 heterocycles. The summed E-state index contributed by atoms with van der Waals surface area (Å²) in [4.78, 5) is 22.8. The van der Waals surface area contributed by atoms with Gasteiger partial charge in [0.15, 0.2) is 0 Å². The molecule has 0 aliphatic heterocycles. The van der Waals surface area contributed by atoms with E-state index in [0.717, 1.165) is 6.07 Å². The molecule has 0 saturated heterocycles. The molecule has 3 N–H and O–H groups in total. The molecular weight excluding hydrogens is 283 g/mol. The normalized spacial score (nSPS) is 10.1. The van der Waals surface area contributed by atoms with Crippen molar-refractivity contribution in [2.24, 2.45) is 5.73 Å². The number of carbonyl (C=O) groups is 2. The lowest BCUT2D eigenvalue weighted by Gasteiger charge is -2.07. The summed E-state index contributed by atoms with van der Waals surface area (Å²) < 4.78 is 13.5. The number of amides is 2. The zero-order chi connectivity index (χ0) is 14.7. The van der Waals surface area contributed by atoms with Gasteiger partial charge in [0.2, 0.25) is 5.91 Å². The summed E-state index contributed by atoms with van der Waals surface area (Å²) in [6.07, 6.45) is 0. The second-order valence-electron chi connectivity index (χ2n) is 4.02. The third-order valence-electron chi connectivity index (χ3n) is 2.60. The van der Waals surface area contributed by atoms with Gasteiger partial charge in [-0.3, -0.25) is 9.59 Å². The Morgan fingerprint density at radius 3 is 2.35 bits per heavy atom. The highest BCUT2D eigenvalue weighted by molar-refractivity contribution is 6.31. The number of primary amides is 1. The molecule has 0 fully saturated rings. The molecule has 0 aromatic heterocycles. The highest BCUT2D eigenvalue weighted by Crippen LogP contribution is 2.17. The molecule has 2 aromatic carbocycles. The van der Waals surface area contributed by atoms with Crippen LogP contribution in [0.5, 0.6) is 0 Å². The van der Waals surface area contributed by atoms with E-state index in [1.165, 1.54) is 36.4 Å². The molecule has 0 saturated carbocycles. The minimum Gasteiger partial charge on any atom is -0.366 e. The average molecular weight is 293 g/mol. The van der Waals surface area contributed by atoms with E-state index in [-0.39, 0.29) is 10.6 Å². The summed E-state index contributed by atoms with van der Waals surface area (Å²) in [7, 11) is 0. The number of hydrogen-bond donors (Lipinski definition) is 2. The van der Waals surface area contributed by atoms with Gasteiger partial charge in [0.1, 0.15) is 5.82 Å². The van der Waals surface area contributed by atoms with Gasteiger partial charge >= 0.3 is 0 Å². The number of anilines is 1. The monoisotopic (exact) mass is 292 g/mol. The minimum atomic E-state index is -0.666. The van der Waals surface area contributed by atoms with Gasteiger partial charge in [-0.2, -0.15) is 0 Å². The van der Waals surface area contributed by atoms with E-state index in [9.17, 15) is 14.0 Å². The number of benzene rings is 2. The Labute approximate surface area is 119 Å². The zero-order valence-corrected chi connectivity index (χ0v) is 10.9. The highest BCUT2D eigenvalue weighted by atomic mass is 35.5. The van der Waals surface area contributed by atoms with Crippen LogP contribution in [-0.4, -0.2) is 11.8 Å². The van der Waals surface area contributed by atoms with Gasteiger partial charge in [-0.05, 0) is 42.5 Å². The predicted octanol–water partition coefficient (Wildman–Crippen LogP) is 2.83. The fourth-order valence-corrected chi connectivity index (χ4v) is 1.76. The summed E-state index contributed by atoms with van der Waals surface area (Å²) >= 11 is 5.72. The van der Waals surface area contributed by atoms with E-state index in [2.05, 4.69) is 5.32 Å². The maximum atomic E-state index is 13.5. The molecule has 2 aromatic rings.